The van der Waals surface area contributed by atoms with E-state index in [1.807, 2.05) is 6.92 Å². The Morgan fingerprint density at radius 1 is 0.897 bits per heavy atom. The number of hydrogen-bond acceptors (Lipinski definition) is 5. The number of carbonyl (C=O) groups excluding carboxylic acids is 2. The van der Waals surface area contributed by atoms with Gasteiger partial charge in [-0.1, -0.05) is 42.0 Å². The molecule has 0 radical (unpaired) electrons. The molecule has 8 heteroatoms. The lowest BCUT2D eigenvalue weighted by Gasteiger charge is -2.33. The van der Waals surface area contributed by atoms with Crippen LogP contribution >= 0.6 is 0 Å². The minimum absolute atomic E-state index is 0.00351. The van der Waals surface area contributed by atoms with E-state index in [4.69, 9.17) is 8.83 Å². The van der Waals surface area contributed by atoms with E-state index in [9.17, 15) is 18.8 Å². The van der Waals surface area contributed by atoms with Crippen molar-refractivity contribution in [3.8, 4) is 0 Å². The summed E-state index contributed by atoms with van der Waals surface area (Å²) >= 11 is 0. The van der Waals surface area contributed by atoms with Crippen molar-refractivity contribution in [2.24, 2.45) is 0 Å². The van der Waals surface area contributed by atoms with Gasteiger partial charge in [0.25, 0.3) is 11.8 Å². The number of amides is 2. The van der Waals surface area contributed by atoms with Gasteiger partial charge < -0.3 is 18.6 Å². The van der Waals surface area contributed by atoms with Gasteiger partial charge in [0.15, 0.2) is 11.0 Å². The SMILES string of the molecule is Cc1ccc2oc3c(c(=O)c2c1)C1(C(=O)N(Cc2ccc(F)cc2)c2ccccc21)N(Cc1ccco1)C3=O. The van der Waals surface area contributed by atoms with Crippen LogP contribution in [0.3, 0.4) is 0 Å². The van der Waals surface area contributed by atoms with Gasteiger partial charge in [-0.05, 0) is 55.0 Å². The summed E-state index contributed by atoms with van der Waals surface area (Å²) in [6.45, 7) is 1.92. The molecule has 7 nitrogen and oxygen atoms in total. The molecule has 2 aliphatic rings. The first-order valence-corrected chi connectivity index (χ1v) is 12.5. The van der Waals surface area contributed by atoms with E-state index < -0.39 is 22.8 Å². The molecule has 39 heavy (non-hydrogen) atoms. The quantitative estimate of drug-likeness (QED) is 0.322. The highest BCUT2D eigenvalue weighted by molar-refractivity contribution is 6.17. The lowest BCUT2D eigenvalue weighted by Crippen LogP contribution is -2.52. The van der Waals surface area contributed by atoms with Crippen molar-refractivity contribution in [3.63, 3.8) is 0 Å². The Kier molecular flexibility index (Phi) is 4.91. The summed E-state index contributed by atoms with van der Waals surface area (Å²) in [5.74, 6) is -1.14. The topological polar surface area (TPSA) is 84.0 Å². The van der Waals surface area contributed by atoms with Gasteiger partial charge in [0.2, 0.25) is 5.76 Å². The normalized spacial score (nSPS) is 17.9. The predicted octanol–water partition coefficient (Wildman–Crippen LogP) is 5.28. The molecular weight excluding hydrogens is 499 g/mol. The first-order chi connectivity index (χ1) is 18.9. The highest BCUT2D eigenvalue weighted by atomic mass is 19.1. The molecule has 1 unspecified atom stereocenters. The maximum Gasteiger partial charge on any atom is 0.291 e. The van der Waals surface area contributed by atoms with Crippen LogP contribution in [0, 0.1) is 12.7 Å². The zero-order chi connectivity index (χ0) is 26.9. The second-order valence-electron chi connectivity index (χ2n) is 9.85. The predicted molar refractivity (Wildman–Crippen MR) is 141 cm³/mol. The molecule has 4 heterocycles. The molecule has 2 aliphatic heterocycles. The summed E-state index contributed by atoms with van der Waals surface area (Å²) in [6, 6.07) is 21.6. The third kappa shape index (κ3) is 3.18. The van der Waals surface area contributed by atoms with E-state index >= 15 is 0 Å². The molecule has 0 saturated carbocycles. The van der Waals surface area contributed by atoms with E-state index in [0.29, 0.717) is 28.0 Å². The zero-order valence-electron chi connectivity index (χ0n) is 20.8. The summed E-state index contributed by atoms with van der Waals surface area (Å²) in [5, 5.41) is 0.294. The van der Waals surface area contributed by atoms with E-state index in [2.05, 4.69) is 0 Å². The van der Waals surface area contributed by atoms with Gasteiger partial charge in [-0.2, -0.15) is 0 Å². The second kappa shape index (κ2) is 8.26. The summed E-state index contributed by atoms with van der Waals surface area (Å²) in [6.07, 6.45) is 1.49. The van der Waals surface area contributed by atoms with Crippen molar-refractivity contribution in [1.82, 2.24) is 4.90 Å². The number of halogens is 1. The van der Waals surface area contributed by atoms with Gasteiger partial charge in [0.05, 0.1) is 36.0 Å². The lowest BCUT2D eigenvalue weighted by molar-refractivity contribution is -0.126. The van der Waals surface area contributed by atoms with Gasteiger partial charge in [-0.15, -0.1) is 0 Å². The van der Waals surface area contributed by atoms with Gasteiger partial charge in [-0.25, -0.2) is 4.39 Å². The molecule has 0 fully saturated rings. The van der Waals surface area contributed by atoms with Crippen LogP contribution in [0.2, 0.25) is 0 Å². The van der Waals surface area contributed by atoms with Crippen LogP contribution in [0.1, 0.15) is 38.6 Å². The van der Waals surface area contributed by atoms with Crippen LogP contribution in [-0.2, 0) is 23.4 Å². The van der Waals surface area contributed by atoms with Crippen molar-refractivity contribution < 1.29 is 22.8 Å². The van der Waals surface area contributed by atoms with Crippen LogP contribution < -0.4 is 10.3 Å². The van der Waals surface area contributed by atoms with E-state index in [1.165, 1.54) is 23.3 Å². The van der Waals surface area contributed by atoms with Crippen molar-refractivity contribution in [2.75, 3.05) is 4.90 Å². The maximum atomic E-state index is 14.7. The smallest absolute Gasteiger partial charge is 0.291 e. The summed E-state index contributed by atoms with van der Waals surface area (Å²) in [7, 11) is 0. The van der Waals surface area contributed by atoms with E-state index in [1.54, 1.807) is 71.6 Å². The molecule has 5 aromatic rings. The van der Waals surface area contributed by atoms with Gasteiger partial charge in [0, 0.05) is 5.56 Å². The van der Waals surface area contributed by atoms with E-state index in [-0.39, 0.29) is 35.8 Å². The van der Waals surface area contributed by atoms with Crippen molar-refractivity contribution in [2.45, 2.75) is 25.6 Å². The summed E-state index contributed by atoms with van der Waals surface area (Å²) in [5.41, 5.74) is 0.657. The van der Waals surface area contributed by atoms with Crippen LogP contribution in [0.4, 0.5) is 10.1 Å². The Balaban J connectivity index is 1.52. The second-order valence-corrected chi connectivity index (χ2v) is 9.85. The number of nitrogens with zero attached hydrogens (tertiary/aromatic N) is 2. The van der Waals surface area contributed by atoms with Crippen LogP contribution in [0.25, 0.3) is 11.0 Å². The molecule has 7 rings (SSSR count). The van der Waals surface area contributed by atoms with Gasteiger partial charge in [-0.3, -0.25) is 14.4 Å². The number of fused-ring (bicyclic) bond motifs is 5. The molecule has 0 saturated heterocycles. The van der Waals surface area contributed by atoms with Crippen molar-refractivity contribution in [3.05, 3.63) is 135 Å². The van der Waals surface area contributed by atoms with E-state index in [0.717, 1.165) is 5.56 Å². The number of aryl methyl sites for hydroxylation is 1. The van der Waals surface area contributed by atoms with Crippen LogP contribution in [0.15, 0.2) is 98.8 Å². The third-order valence-electron chi connectivity index (χ3n) is 7.54. The lowest BCUT2D eigenvalue weighted by atomic mass is 9.84. The average Bonchev–Trinajstić information content (AvgIpc) is 3.60. The summed E-state index contributed by atoms with van der Waals surface area (Å²) in [4.78, 5) is 45.9. The fourth-order valence-corrected chi connectivity index (χ4v) is 5.81. The largest absolute Gasteiger partial charge is 0.467 e. The molecule has 0 N–H and O–H groups in total. The Morgan fingerprint density at radius 3 is 2.46 bits per heavy atom. The Morgan fingerprint density at radius 2 is 1.69 bits per heavy atom. The fourth-order valence-electron chi connectivity index (χ4n) is 5.81. The third-order valence-corrected chi connectivity index (χ3v) is 7.54. The minimum Gasteiger partial charge on any atom is -0.467 e. The average molecular weight is 521 g/mol. The Hall–Kier alpha value is -4.98. The highest BCUT2D eigenvalue weighted by Crippen LogP contribution is 2.53. The molecule has 1 atom stereocenters. The standard InChI is InChI=1S/C31H21FN2O5/c1-18-8-13-25-22(15-18)27(35)26-28(39-25)29(36)34(17-21-5-4-14-38-21)31(26)23-6-2-3-7-24(23)33(30(31)37)16-19-9-11-20(32)12-10-19/h2-15H,16-17H2,1H3. The first-order valence-electron chi connectivity index (χ1n) is 12.5. The number of para-hydroxylation sites is 1. The van der Waals surface area contributed by atoms with Crippen LogP contribution in [-0.4, -0.2) is 16.7 Å². The van der Waals surface area contributed by atoms with Gasteiger partial charge in [0.1, 0.15) is 17.2 Å². The molecule has 2 aromatic heterocycles. The molecule has 3 aromatic carbocycles. The number of hydrogen-bond donors (Lipinski definition) is 0. The van der Waals surface area contributed by atoms with Crippen molar-refractivity contribution in [1.29, 1.82) is 0 Å². The molecule has 1 spiro atoms. The van der Waals surface area contributed by atoms with Crippen molar-refractivity contribution >= 4 is 28.5 Å². The Labute approximate surface area is 221 Å². The molecule has 0 aliphatic carbocycles. The minimum atomic E-state index is -1.77. The molecule has 0 bridgehead atoms. The fraction of sp³-hybridized carbons (Fsp3) is 0.129. The number of anilines is 1. The number of benzene rings is 3. The molecule has 2 amide bonds. The maximum absolute atomic E-state index is 14.7. The highest BCUT2D eigenvalue weighted by Gasteiger charge is 2.65. The summed E-state index contributed by atoms with van der Waals surface area (Å²) < 4.78 is 25.3. The van der Waals surface area contributed by atoms with Crippen LogP contribution in [0.5, 0.6) is 0 Å². The number of rotatable bonds is 4. The molecule has 192 valence electrons. The molecular formula is C31H21FN2O5. The first kappa shape index (κ1) is 23.2. The number of carbonyl (C=O) groups is 2. The van der Waals surface area contributed by atoms with Gasteiger partial charge >= 0.3 is 0 Å². The Bertz CT molecular complexity index is 1860. The number of furan rings is 1. The zero-order valence-corrected chi connectivity index (χ0v) is 20.8. The monoisotopic (exact) mass is 520 g/mol.